The number of ether oxygens (including phenoxy) is 2. The van der Waals surface area contributed by atoms with E-state index in [1.54, 1.807) is 0 Å². The molecular formula is C20H37NO6. The van der Waals surface area contributed by atoms with Crippen LogP contribution in [0.5, 0.6) is 0 Å². The van der Waals surface area contributed by atoms with Gasteiger partial charge in [-0.05, 0) is 13.3 Å². The highest BCUT2D eigenvalue weighted by atomic mass is 16.6. The molecule has 0 radical (unpaired) electrons. The fourth-order valence-corrected chi connectivity index (χ4v) is 2.56. The minimum Gasteiger partial charge on any atom is -0.463 e. The molecule has 0 fully saturated rings. The van der Waals surface area contributed by atoms with Crippen molar-refractivity contribution in [1.82, 2.24) is 5.32 Å². The second kappa shape index (κ2) is 16.5. The molecule has 0 aromatic heterocycles. The van der Waals surface area contributed by atoms with Crippen molar-refractivity contribution in [2.45, 2.75) is 97.1 Å². The topological polar surface area (TPSA) is 102 Å². The van der Waals surface area contributed by atoms with Gasteiger partial charge in [0.25, 0.3) is 0 Å². The Kier molecular flexibility index (Phi) is 15.5. The predicted octanol–water partition coefficient (Wildman–Crippen LogP) is 2.88. The molecule has 0 aliphatic rings. The number of carbonyl (C=O) groups excluding carboxylic acids is 3. The lowest BCUT2D eigenvalue weighted by atomic mass is 10.1. The van der Waals surface area contributed by atoms with Crippen molar-refractivity contribution in [1.29, 1.82) is 0 Å². The maximum atomic E-state index is 11.6. The van der Waals surface area contributed by atoms with E-state index >= 15 is 0 Å². The first-order valence-corrected chi connectivity index (χ1v) is 10.1. The van der Waals surface area contributed by atoms with E-state index in [9.17, 15) is 19.5 Å². The van der Waals surface area contributed by atoms with Gasteiger partial charge in [0.15, 0.2) is 0 Å². The lowest BCUT2D eigenvalue weighted by Crippen LogP contribution is -2.39. The highest BCUT2D eigenvalue weighted by Gasteiger charge is 2.17. The second-order valence-corrected chi connectivity index (χ2v) is 6.97. The Labute approximate surface area is 163 Å². The summed E-state index contributed by atoms with van der Waals surface area (Å²) >= 11 is 0. The number of amides is 1. The summed E-state index contributed by atoms with van der Waals surface area (Å²) in [7, 11) is 0. The third-order valence-corrected chi connectivity index (χ3v) is 4.11. The lowest BCUT2D eigenvalue weighted by Gasteiger charge is -2.15. The molecular weight excluding hydrogens is 350 g/mol. The number of esters is 2. The predicted molar refractivity (Wildman–Crippen MR) is 103 cm³/mol. The number of carbonyl (C=O) groups is 3. The van der Waals surface area contributed by atoms with Crippen LogP contribution >= 0.6 is 0 Å². The van der Waals surface area contributed by atoms with Crippen molar-refractivity contribution in [2.24, 2.45) is 0 Å². The van der Waals surface area contributed by atoms with Crippen LogP contribution < -0.4 is 5.32 Å². The van der Waals surface area contributed by atoms with Gasteiger partial charge in [-0.2, -0.15) is 0 Å². The Morgan fingerprint density at radius 3 is 1.96 bits per heavy atom. The van der Waals surface area contributed by atoms with Gasteiger partial charge in [0, 0.05) is 13.3 Å². The zero-order valence-corrected chi connectivity index (χ0v) is 17.1. The van der Waals surface area contributed by atoms with Gasteiger partial charge in [-0.1, -0.05) is 58.3 Å². The molecule has 0 aromatic carbocycles. The summed E-state index contributed by atoms with van der Waals surface area (Å²) in [5.41, 5.74) is 0. The van der Waals surface area contributed by atoms with E-state index in [-0.39, 0.29) is 25.1 Å². The molecule has 0 aliphatic heterocycles. The van der Waals surface area contributed by atoms with E-state index in [4.69, 9.17) is 9.47 Å². The van der Waals surface area contributed by atoms with Gasteiger partial charge in [-0.15, -0.1) is 0 Å². The molecule has 2 N–H and O–H groups in total. The van der Waals surface area contributed by atoms with Crippen LogP contribution in [0.1, 0.15) is 85.0 Å². The quantitative estimate of drug-likeness (QED) is 0.312. The van der Waals surface area contributed by atoms with Crippen molar-refractivity contribution < 1.29 is 29.0 Å². The Bertz CT molecular complexity index is 427. The molecule has 0 aliphatic carbocycles. The SMILES string of the molecule is CCCCCCCCCCCC(=O)OCC(O)COC(=O)[C@H](C)NC(C)=O. The van der Waals surface area contributed by atoms with Crippen molar-refractivity contribution in [2.75, 3.05) is 13.2 Å². The molecule has 0 aromatic rings. The number of nitrogens with one attached hydrogen (secondary N) is 1. The molecule has 2 atom stereocenters. The van der Waals surface area contributed by atoms with Gasteiger partial charge in [0.1, 0.15) is 25.4 Å². The van der Waals surface area contributed by atoms with Crippen LogP contribution in [-0.4, -0.2) is 48.3 Å². The zero-order valence-electron chi connectivity index (χ0n) is 17.1. The first-order chi connectivity index (χ1) is 12.9. The molecule has 27 heavy (non-hydrogen) atoms. The van der Waals surface area contributed by atoms with Crippen LogP contribution in [0.4, 0.5) is 0 Å². The van der Waals surface area contributed by atoms with Crippen LogP contribution in [-0.2, 0) is 23.9 Å². The molecule has 7 nitrogen and oxygen atoms in total. The van der Waals surface area contributed by atoms with Gasteiger partial charge >= 0.3 is 11.9 Å². The normalized spacial score (nSPS) is 12.9. The molecule has 0 spiro atoms. The zero-order chi connectivity index (χ0) is 20.5. The Morgan fingerprint density at radius 2 is 1.41 bits per heavy atom. The lowest BCUT2D eigenvalue weighted by molar-refractivity contribution is -0.154. The molecule has 1 unspecified atom stereocenters. The summed E-state index contributed by atoms with van der Waals surface area (Å²) in [6.07, 6.45) is 9.82. The highest BCUT2D eigenvalue weighted by Crippen LogP contribution is 2.10. The summed E-state index contributed by atoms with van der Waals surface area (Å²) in [5, 5.41) is 12.1. The van der Waals surface area contributed by atoms with Crippen LogP contribution in [0.25, 0.3) is 0 Å². The molecule has 158 valence electrons. The van der Waals surface area contributed by atoms with Gasteiger partial charge in [0.05, 0.1) is 0 Å². The average Bonchev–Trinajstić information content (AvgIpc) is 2.62. The number of aliphatic hydroxyl groups is 1. The van der Waals surface area contributed by atoms with Crippen LogP contribution in [0.15, 0.2) is 0 Å². The number of hydrogen-bond donors (Lipinski definition) is 2. The van der Waals surface area contributed by atoms with E-state index in [0.29, 0.717) is 6.42 Å². The van der Waals surface area contributed by atoms with E-state index in [1.165, 1.54) is 52.4 Å². The fourth-order valence-electron chi connectivity index (χ4n) is 2.56. The minimum atomic E-state index is -1.08. The van der Waals surface area contributed by atoms with E-state index in [2.05, 4.69) is 12.2 Å². The number of unbranched alkanes of at least 4 members (excludes halogenated alkanes) is 8. The van der Waals surface area contributed by atoms with E-state index in [1.807, 2.05) is 0 Å². The van der Waals surface area contributed by atoms with Crippen LogP contribution in [0.3, 0.4) is 0 Å². The number of aliphatic hydroxyl groups excluding tert-OH is 1. The molecule has 0 heterocycles. The average molecular weight is 388 g/mol. The van der Waals surface area contributed by atoms with Crippen molar-refractivity contribution in [3.8, 4) is 0 Å². The number of hydrogen-bond acceptors (Lipinski definition) is 6. The third kappa shape index (κ3) is 16.3. The summed E-state index contributed by atoms with van der Waals surface area (Å²) in [6, 6.07) is -0.788. The Balaban J connectivity index is 3.60. The Hall–Kier alpha value is -1.63. The van der Waals surface area contributed by atoms with Gasteiger partial charge < -0.3 is 19.9 Å². The summed E-state index contributed by atoms with van der Waals surface area (Å²) < 4.78 is 9.85. The monoisotopic (exact) mass is 387 g/mol. The van der Waals surface area contributed by atoms with E-state index < -0.39 is 18.1 Å². The summed E-state index contributed by atoms with van der Waals surface area (Å²) in [5.74, 6) is -1.34. The van der Waals surface area contributed by atoms with Gasteiger partial charge in [-0.25, -0.2) is 4.79 Å². The standard InChI is InChI=1S/C20H37NO6/c1-4-5-6-7-8-9-10-11-12-13-19(24)26-14-18(23)15-27-20(25)16(2)21-17(3)22/h16,18,23H,4-15H2,1-3H3,(H,21,22)/t16-,18?/m0/s1. The highest BCUT2D eigenvalue weighted by molar-refractivity contribution is 5.82. The summed E-state index contributed by atoms with van der Waals surface area (Å²) in [4.78, 5) is 34.0. The Morgan fingerprint density at radius 1 is 0.889 bits per heavy atom. The second-order valence-electron chi connectivity index (χ2n) is 6.97. The fraction of sp³-hybridized carbons (Fsp3) is 0.850. The van der Waals surface area contributed by atoms with Gasteiger partial charge in [0.2, 0.25) is 5.91 Å². The first-order valence-electron chi connectivity index (χ1n) is 10.1. The third-order valence-electron chi connectivity index (χ3n) is 4.11. The molecule has 7 heteroatoms. The maximum Gasteiger partial charge on any atom is 0.328 e. The maximum absolute atomic E-state index is 11.6. The van der Waals surface area contributed by atoms with Crippen molar-refractivity contribution in [3.63, 3.8) is 0 Å². The van der Waals surface area contributed by atoms with Crippen LogP contribution in [0.2, 0.25) is 0 Å². The van der Waals surface area contributed by atoms with Gasteiger partial charge in [-0.3, -0.25) is 9.59 Å². The molecule has 0 saturated heterocycles. The van der Waals surface area contributed by atoms with E-state index in [0.717, 1.165) is 19.3 Å². The number of rotatable bonds is 16. The molecule has 0 saturated carbocycles. The largest absolute Gasteiger partial charge is 0.463 e. The van der Waals surface area contributed by atoms with Crippen LogP contribution in [0, 0.1) is 0 Å². The smallest absolute Gasteiger partial charge is 0.328 e. The van der Waals surface area contributed by atoms with Crippen molar-refractivity contribution >= 4 is 17.8 Å². The summed E-state index contributed by atoms with van der Waals surface area (Å²) in [6.45, 7) is 4.50. The first kappa shape index (κ1) is 25.4. The molecule has 0 rings (SSSR count). The minimum absolute atomic E-state index is 0.210. The molecule has 0 bridgehead atoms. The molecule has 1 amide bonds. The van der Waals surface area contributed by atoms with Crippen molar-refractivity contribution in [3.05, 3.63) is 0 Å².